The fourth-order valence-electron chi connectivity index (χ4n) is 2.05. The van der Waals surface area contributed by atoms with Crippen LogP contribution < -0.4 is 0 Å². The Morgan fingerprint density at radius 1 is 1.05 bits per heavy atom. The van der Waals surface area contributed by atoms with Crippen LogP contribution in [-0.2, 0) is 0 Å². The van der Waals surface area contributed by atoms with Gasteiger partial charge in [0.05, 0.1) is 4.47 Å². The molecule has 0 spiro atoms. The minimum atomic E-state index is -0.497. The van der Waals surface area contributed by atoms with Gasteiger partial charge in [-0.2, -0.15) is 0 Å². The van der Waals surface area contributed by atoms with Gasteiger partial charge < -0.3 is 0 Å². The molecule has 4 heteroatoms. The number of hydrogen-bond donors (Lipinski definition) is 0. The topological polar surface area (TPSA) is 17.1 Å². The van der Waals surface area contributed by atoms with Crippen molar-refractivity contribution in [2.45, 2.75) is 13.8 Å². The van der Waals surface area contributed by atoms with Crippen LogP contribution in [0, 0.1) is 25.5 Å². The Hall–Kier alpha value is -1.55. The van der Waals surface area contributed by atoms with E-state index in [4.69, 9.17) is 0 Å². The van der Waals surface area contributed by atoms with Gasteiger partial charge in [0.2, 0.25) is 0 Å². The second kappa shape index (κ2) is 5.21. The first-order valence-electron chi connectivity index (χ1n) is 5.66. The second-order valence-electron chi connectivity index (χ2n) is 4.37. The van der Waals surface area contributed by atoms with Crippen LogP contribution in [0.25, 0.3) is 0 Å². The highest BCUT2D eigenvalue weighted by Crippen LogP contribution is 2.22. The first-order chi connectivity index (χ1) is 8.90. The molecule has 98 valence electrons. The molecule has 0 saturated heterocycles. The van der Waals surface area contributed by atoms with Crippen molar-refractivity contribution in [3.63, 3.8) is 0 Å². The maximum Gasteiger partial charge on any atom is 0.193 e. The predicted octanol–water partition coefficient (Wildman–Crippen LogP) is 4.58. The lowest BCUT2D eigenvalue weighted by molar-refractivity contribution is 0.103. The van der Waals surface area contributed by atoms with Crippen LogP contribution >= 0.6 is 15.9 Å². The van der Waals surface area contributed by atoms with E-state index in [1.54, 1.807) is 13.8 Å². The van der Waals surface area contributed by atoms with Gasteiger partial charge in [-0.05, 0) is 71.2 Å². The molecule has 0 atom stereocenters. The number of rotatable bonds is 2. The highest BCUT2D eigenvalue weighted by molar-refractivity contribution is 9.10. The van der Waals surface area contributed by atoms with E-state index in [0.29, 0.717) is 21.2 Å². The van der Waals surface area contributed by atoms with Crippen LogP contribution in [0.5, 0.6) is 0 Å². The molecule has 0 saturated carbocycles. The number of carbonyl (C=O) groups excluding carboxylic acids is 1. The lowest BCUT2D eigenvalue weighted by Gasteiger charge is -2.09. The largest absolute Gasteiger partial charge is 0.289 e. The van der Waals surface area contributed by atoms with E-state index in [1.807, 2.05) is 0 Å². The van der Waals surface area contributed by atoms with Crippen molar-refractivity contribution < 1.29 is 13.6 Å². The fraction of sp³-hybridized carbons (Fsp3) is 0.133. The van der Waals surface area contributed by atoms with Gasteiger partial charge in [-0.15, -0.1) is 0 Å². The monoisotopic (exact) mass is 324 g/mol. The van der Waals surface area contributed by atoms with Crippen molar-refractivity contribution in [3.05, 3.63) is 68.7 Å². The molecule has 0 aliphatic carbocycles. The summed E-state index contributed by atoms with van der Waals surface area (Å²) in [7, 11) is 0. The van der Waals surface area contributed by atoms with E-state index >= 15 is 0 Å². The van der Waals surface area contributed by atoms with Crippen LogP contribution in [0.3, 0.4) is 0 Å². The smallest absolute Gasteiger partial charge is 0.193 e. The summed E-state index contributed by atoms with van der Waals surface area (Å²) in [6.45, 7) is 3.33. The summed E-state index contributed by atoms with van der Waals surface area (Å²) in [5, 5.41) is 0. The number of hydrogen-bond acceptors (Lipinski definition) is 1. The summed E-state index contributed by atoms with van der Waals surface area (Å²) < 4.78 is 27.0. The average Bonchev–Trinajstić information content (AvgIpc) is 2.31. The van der Waals surface area contributed by atoms with Crippen molar-refractivity contribution in [2.24, 2.45) is 0 Å². The Bertz CT molecular complexity index is 642. The molecule has 2 rings (SSSR count). The van der Waals surface area contributed by atoms with Crippen molar-refractivity contribution in [2.75, 3.05) is 0 Å². The van der Waals surface area contributed by atoms with Gasteiger partial charge in [-0.25, -0.2) is 8.78 Å². The van der Waals surface area contributed by atoms with Crippen LogP contribution in [-0.4, -0.2) is 5.78 Å². The summed E-state index contributed by atoms with van der Waals surface area (Å²) >= 11 is 3.04. The summed E-state index contributed by atoms with van der Waals surface area (Å²) in [5.41, 5.74) is 1.76. The predicted molar refractivity (Wildman–Crippen MR) is 73.4 cm³/mol. The molecule has 0 aliphatic rings. The zero-order valence-electron chi connectivity index (χ0n) is 10.4. The van der Waals surface area contributed by atoms with Gasteiger partial charge in [0.15, 0.2) is 5.78 Å². The Kier molecular flexibility index (Phi) is 3.80. The number of aryl methyl sites for hydroxylation is 2. The zero-order valence-corrected chi connectivity index (χ0v) is 12.0. The van der Waals surface area contributed by atoms with Gasteiger partial charge in [-0.1, -0.05) is 0 Å². The Morgan fingerprint density at radius 2 is 1.63 bits per heavy atom. The third kappa shape index (κ3) is 2.73. The van der Waals surface area contributed by atoms with E-state index in [9.17, 15) is 13.6 Å². The molecule has 0 bridgehead atoms. The third-order valence-corrected chi connectivity index (χ3v) is 3.55. The van der Waals surface area contributed by atoms with E-state index in [1.165, 1.54) is 30.3 Å². The first kappa shape index (κ1) is 13.9. The van der Waals surface area contributed by atoms with Gasteiger partial charge in [0.25, 0.3) is 0 Å². The molecule has 0 radical (unpaired) electrons. The molecule has 0 fully saturated rings. The SMILES string of the molecule is Cc1cc(F)cc(C)c1C(=O)c1ccc(Br)c(F)c1. The Morgan fingerprint density at radius 3 is 2.16 bits per heavy atom. The molecule has 0 N–H and O–H groups in total. The first-order valence-corrected chi connectivity index (χ1v) is 6.46. The molecule has 2 aromatic carbocycles. The number of benzene rings is 2. The Balaban J connectivity index is 2.53. The van der Waals surface area contributed by atoms with Gasteiger partial charge >= 0.3 is 0 Å². The van der Waals surface area contributed by atoms with E-state index in [-0.39, 0.29) is 17.2 Å². The maximum atomic E-state index is 13.5. The minimum absolute atomic E-state index is 0.249. The molecular formula is C15H11BrF2O. The average molecular weight is 325 g/mol. The minimum Gasteiger partial charge on any atom is -0.289 e. The van der Waals surface area contributed by atoms with Gasteiger partial charge in [-0.3, -0.25) is 4.79 Å². The standard InChI is InChI=1S/C15H11BrF2O/c1-8-5-11(17)6-9(2)14(8)15(19)10-3-4-12(16)13(18)7-10/h3-7H,1-2H3. The lowest BCUT2D eigenvalue weighted by atomic mass is 9.95. The molecule has 2 aromatic rings. The quantitative estimate of drug-likeness (QED) is 0.739. The van der Waals surface area contributed by atoms with Crippen LogP contribution in [0.1, 0.15) is 27.0 Å². The molecule has 0 aromatic heterocycles. The number of carbonyl (C=O) groups is 1. The third-order valence-electron chi connectivity index (χ3n) is 2.91. The molecule has 0 aliphatic heterocycles. The molecule has 0 heterocycles. The number of halogens is 3. The van der Waals surface area contributed by atoms with Crippen molar-refractivity contribution in [3.8, 4) is 0 Å². The Labute approximate surface area is 118 Å². The van der Waals surface area contributed by atoms with E-state index < -0.39 is 5.82 Å². The molecule has 0 unspecified atom stereocenters. The molecular weight excluding hydrogens is 314 g/mol. The second-order valence-corrected chi connectivity index (χ2v) is 5.23. The van der Waals surface area contributed by atoms with Gasteiger partial charge in [0.1, 0.15) is 11.6 Å². The summed E-state index contributed by atoms with van der Waals surface area (Å²) in [6, 6.07) is 6.80. The van der Waals surface area contributed by atoms with Crippen LogP contribution in [0.2, 0.25) is 0 Å². The maximum absolute atomic E-state index is 13.5. The van der Waals surface area contributed by atoms with Crippen LogP contribution in [0.4, 0.5) is 8.78 Å². The summed E-state index contributed by atoms with van der Waals surface area (Å²) in [4.78, 5) is 12.4. The molecule has 19 heavy (non-hydrogen) atoms. The van der Waals surface area contributed by atoms with Gasteiger partial charge in [0, 0.05) is 11.1 Å². The van der Waals surface area contributed by atoms with E-state index in [2.05, 4.69) is 15.9 Å². The molecule has 1 nitrogen and oxygen atoms in total. The fourth-order valence-corrected chi connectivity index (χ4v) is 2.30. The summed E-state index contributed by atoms with van der Waals surface area (Å²) in [6.07, 6.45) is 0. The zero-order chi connectivity index (χ0) is 14.2. The van der Waals surface area contributed by atoms with Crippen molar-refractivity contribution in [1.29, 1.82) is 0 Å². The molecule has 0 amide bonds. The highest BCUT2D eigenvalue weighted by atomic mass is 79.9. The normalized spacial score (nSPS) is 10.6. The highest BCUT2D eigenvalue weighted by Gasteiger charge is 2.16. The van der Waals surface area contributed by atoms with Crippen molar-refractivity contribution >= 4 is 21.7 Å². The van der Waals surface area contributed by atoms with E-state index in [0.717, 1.165) is 0 Å². The van der Waals surface area contributed by atoms with Crippen LogP contribution in [0.15, 0.2) is 34.8 Å². The number of ketones is 1. The lowest BCUT2D eigenvalue weighted by Crippen LogP contribution is -2.07. The van der Waals surface area contributed by atoms with Crippen molar-refractivity contribution in [1.82, 2.24) is 0 Å². The summed E-state index contributed by atoms with van der Waals surface area (Å²) in [5.74, 6) is -1.18.